The number of rotatable bonds is 0. The van der Waals surface area contributed by atoms with Gasteiger partial charge in [-0.05, 0) is 0 Å². The van der Waals surface area contributed by atoms with Crippen molar-refractivity contribution in [3.05, 3.63) is 66.7 Å². The van der Waals surface area contributed by atoms with Crippen LogP contribution in [0.5, 0.6) is 0 Å². The Morgan fingerprint density at radius 3 is 2.05 bits per heavy atom. The Labute approximate surface area is 138 Å². The van der Waals surface area contributed by atoms with E-state index in [1.54, 1.807) is 0 Å². The van der Waals surface area contributed by atoms with Crippen molar-refractivity contribution >= 4 is 71.6 Å². The maximum absolute atomic E-state index is 2.32. The van der Waals surface area contributed by atoms with Gasteiger partial charge in [-0.1, -0.05) is 0 Å². The summed E-state index contributed by atoms with van der Waals surface area (Å²) in [5.74, 6) is 0. The van der Waals surface area contributed by atoms with E-state index >= 15 is 0 Å². The molecule has 0 spiro atoms. The van der Waals surface area contributed by atoms with E-state index in [-0.39, 0.29) is 17.4 Å². The third-order valence-corrected chi connectivity index (χ3v) is 3.93. The molecule has 4 aromatic rings. The topological polar surface area (TPSA) is 0 Å². The maximum atomic E-state index is 2.32. The van der Waals surface area contributed by atoms with E-state index in [4.69, 9.17) is 0 Å². The molecular formula is C18H14AlLi. The van der Waals surface area contributed by atoms with E-state index in [0.717, 1.165) is 0 Å². The van der Waals surface area contributed by atoms with Crippen LogP contribution in [0, 0.1) is 0 Å². The summed E-state index contributed by atoms with van der Waals surface area (Å²) >= 11 is 2.19. The Kier molecular flexibility index (Phi) is 3.64. The third kappa shape index (κ3) is 2.09. The van der Waals surface area contributed by atoms with Crippen LogP contribution in [0.2, 0.25) is 0 Å². The molecule has 0 aliphatic rings. The molecule has 0 radical (unpaired) electrons. The summed E-state index contributed by atoms with van der Waals surface area (Å²) in [4.78, 5) is 0. The van der Waals surface area contributed by atoms with Crippen LogP contribution in [0.25, 0.3) is 32.3 Å². The van der Waals surface area contributed by atoms with Gasteiger partial charge in [0.25, 0.3) is 0 Å². The summed E-state index contributed by atoms with van der Waals surface area (Å²) in [7, 11) is 0. The minimum atomic E-state index is 0. The second-order valence-electron chi connectivity index (χ2n) is 5.16. The molecule has 0 amide bonds. The van der Waals surface area contributed by atoms with Crippen LogP contribution in [0.1, 0.15) is 0 Å². The quantitative estimate of drug-likeness (QED) is 0.260. The number of benzene rings is 4. The van der Waals surface area contributed by atoms with Gasteiger partial charge in [0.1, 0.15) is 0 Å². The van der Waals surface area contributed by atoms with Gasteiger partial charge in [-0.3, -0.25) is 0 Å². The predicted octanol–water partition coefficient (Wildman–Crippen LogP) is 2.76. The summed E-state index contributed by atoms with van der Waals surface area (Å²) in [5, 5.41) is 8.00. The molecule has 0 N–H and O–H groups in total. The Bertz CT molecular complexity index is 928. The van der Waals surface area contributed by atoms with Crippen molar-refractivity contribution in [2.75, 3.05) is 0 Å². The van der Waals surface area contributed by atoms with Crippen molar-refractivity contribution in [1.29, 1.82) is 0 Å². The first-order valence-electron chi connectivity index (χ1n) is 6.64. The molecule has 0 saturated heterocycles. The normalized spacial score (nSPS) is 10.9. The van der Waals surface area contributed by atoms with Crippen molar-refractivity contribution < 1.29 is 0 Å². The molecule has 90 valence electrons. The van der Waals surface area contributed by atoms with Crippen molar-refractivity contribution in [2.45, 2.75) is 0 Å². The molecule has 0 aromatic heterocycles. The van der Waals surface area contributed by atoms with E-state index in [9.17, 15) is 0 Å². The average Bonchev–Trinajstić information content (AvgIpc) is 2.45. The Hall–Kier alpha value is -1.21. The summed E-state index contributed by atoms with van der Waals surface area (Å²) in [5.41, 5.74) is 0. The van der Waals surface area contributed by atoms with E-state index < -0.39 is 0 Å². The molecule has 0 bridgehead atoms. The molecule has 0 nitrogen and oxygen atoms in total. The first kappa shape index (κ1) is 13.8. The zero-order chi connectivity index (χ0) is 12.8. The number of hydrogen-bond donors (Lipinski definition) is 0. The fourth-order valence-corrected chi connectivity index (χ4v) is 2.99. The van der Waals surface area contributed by atoms with Gasteiger partial charge in [0.05, 0.1) is 0 Å². The van der Waals surface area contributed by atoms with Gasteiger partial charge in [0, 0.05) is 0 Å². The second-order valence-corrected chi connectivity index (χ2v) is 5.16. The molecule has 0 saturated carbocycles. The molecule has 0 aliphatic carbocycles. The first-order valence-corrected chi connectivity index (χ1v) is 6.64. The van der Waals surface area contributed by atoms with Gasteiger partial charge in [-0.15, -0.1) is 0 Å². The van der Waals surface area contributed by atoms with Crippen LogP contribution in [0.15, 0.2) is 66.7 Å². The van der Waals surface area contributed by atoms with Crippen LogP contribution in [0.4, 0.5) is 0 Å². The molecule has 0 fully saturated rings. The fourth-order valence-electron chi connectivity index (χ4n) is 2.99. The van der Waals surface area contributed by atoms with Crippen LogP contribution < -0.4 is 4.24 Å². The molecule has 0 unspecified atom stereocenters. The molecular weight excluding hydrogens is 250 g/mol. The molecule has 0 heterocycles. The zero-order valence-corrected chi connectivity index (χ0v) is 10.9. The molecule has 0 aliphatic heterocycles. The molecule has 0 atom stereocenters. The van der Waals surface area contributed by atoms with Crippen molar-refractivity contribution in [3.8, 4) is 0 Å². The fraction of sp³-hybridized carbons (Fsp3) is 0. The van der Waals surface area contributed by atoms with E-state index in [1.165, 1.54) is 36.6 Å². The van der Waals surface area contributed by atoms with Crippen molar-refractivity contribution in [1.82, 2.24) is 0 Å². The Balaban J connectivity index is 0.00000121. The summed E-state index contributed by atoms with van der Waals surface area (Å²) in [6.07, 6.45) is 0. The predicted molar refractivity (Wildman–Crippen MR) is 94.3 cm³/mol. The average molecular weight is 264 g/mol. The van der Waals surface area contributed by atoms with E-state index in [1.807, 2.05) is 0 Å². The van der Waals surface area contributed by atoms with Crippen LogP contribution in [-0.4, -0.2) is 35.1 Å². The van der Waals surface area contributed by atoms with Crippen LogP contribution >= 0.6 is 0 Å². The zero-order valence-electron chi connectivity index (χ0n) is 10.9. The first-order chi connectivity index (χ1) is 9.33. The van der Waals surface area contributed by atoms with Gasteiger partial charge in [0.2, 0.25) is 0 Å². The van der Waals surface area contributed by atoms with Gasteiger partial charge in [0.15, 0.2) is 17.4 Å². The molecule has 4 aromatic carbocycles. The SMILES string of the molecule is [AlH3].[Li][c]1cccc2ccc3cc4ccccc4cc3c12. The van der Waals surface area contributed by atoms with Crippen molar-refractivity contribution in [3.63, 3.8) is 0 Å². The second kappa shape index (κ2) is 5.29. The van der Waals surface area contributed by atoms with Crippen molar-refractivity contribution in [2.24, 2.45) is 0 Å². The number of fused-ring (bicyclic) bond motifs is 4. The van der Waals surface area contributed by atoms with Gasteiger partial charge in [-0.25, -0.2) is 0 Å². The number of hydrogen-bond acceptors (Lipinski definition) is 0. The standard InChI is InChI=1S/C18H11.Al.Li.3H/c1-2-7-15-12-18-16(11-14(15)6-1)10-9-13-5-3-4-8-17(13)18;;;;;/h1-7,9-12H;;;;;. The summed E-state index contributed by atoms with van der Waals surface area (Å²) in [6.45, 7) is 0. The molecule has 2 heteroatoms. The summed E-state index contributed by atoms with van der Waals surface area (Å²) in [6, 6.07) is 24.1. The van der Waals surface area contributed by atoms with Gasteiger partial charge < -0.3 is 0 Å². The molecule has 4 rings (SSSR count). The monoisotopic (exact) mass is 264 g/mol. The summed E-state index contributed by atoms with van der Waals surface area (Å²) < 4.78 is 1.35. The Morgan fingerprint density at radius 1 is 0.600 bits per heavy atom. The Morgan fingerprint density at radius 2 is 1.25 bits per heavy atom. The van der Waals surface area contributed by atoms with Gasteiger partial charge >= 0.3 is 121 Å². The van der Waals surface area contributed by atoms with Crippen LogP contribution in [-0.2, 0) is 0 Å². The molecule has 20 heavy (non-hydrogen) atoms. The third-order valence-electron chi connectivity index (χ3n) is 3.93. The van der Waals surface area contributed by atoms with Gasteiger partial charge in [-0.2, -0.15) is 0 Å². The van der Waals surface area contributed by atoms with E-state index in [2.05, 4.69) is 84.4 Å². The minimum absolute atomic E-state index is 0. The van der Waals surface area contributed by atoms with Crippen LogP contribution in [0.3, 0.4) is 0 Å². The van der Waals surface area contributed by atoms with E-state index in [0.29, 0.717) is 0 Å².